The molecule has 1 aromatic carbocycles. The molecule has 15 heavy (non-hydrogen) atoms. The maximum atomic E-state index is 5.79. The molecule has 2 rings (SSSR count). The second-order valence-corrected chi connectivity index (χ2v) is 4.32. The Morgan fingerprint density at radius 2 is 2.07 bits per heavy atom. The van der Waals surface area contributed by atoms with Gasteiger partial charge in [0.15, 0.2) is 0 Å². The van der Waals surface area contributed by atoms with Crippen molar-refractivity contribution in [1.82, 2.24) is 10.2 Å². The number of benzene rings is 1. The van der Waals surface area contributed by atoms with E-state index < -0.39 is 0 Å². The minimum atomic E-state index is 0.774. The van der Waals surface area contributed by atoms with Crippen LogP contribution in [0.15, 0.2) is 29.8 Å². The van der Waals surface area contributed by atoms with Crippen LogP contribution in [0.3, 0.4) is 0 Å². The van der Waals surface area contributed by atoms with Gasteiger partial charge in [0.1, 0.15) is 5.51 Å². The third-order valence-electron chi connectivity index (χ3n) is 1.96. The summed E-state index contributed by atoms with van der Waals surface area (Å²) in [6.07, 6.45) is 0.955. The summed E-state index contributed by atoms with van der Waals surface area (Å²) in [7, 11) is 0. The third kappa shape index (κ3) is 3.18. The summed E-state index contributed by atoms with van der Waals surface area (Å²) in [5.74, 6) is 0. The number of aromatic nitrogens is 2. The maximum absolute atomic E-state index is 5.79. The lowest BCUT2D eigenvalue weighted by Gasteiger charge is -2.02. The van der Waals surface area contributed by atoms with Gasteiger partial charge in [-0.05, 0) is 24.1 Å². The Kier molecular flexibility index (Phi) is 3.53. The number of hydrogen-bond donors (Lipinski definition) is 1. The Bertz CT molecular complexity index is 399. The fourth-order valence-electron chi connectivity index (χ4n) is 1.21. The number of nitrogens with one attached hydrogen (secondary N) is 1. The fourth-order valence-corrected chi connectivity index (χ4v) is 1.81. The lowest BCUT2D eigenvalue weighted by atomic mass is 10.1. The molecular formula is C10H10ClN3S. The first-order valence-corrected chi connectivity index (χ1v) is 5.85. The summed E-state index contributed by atoms with van der Waals surface area (Å²) in [6, 6.07) is 7.87. The Balaban J connectivity index is 1.81. The number of halogens is 1. The second-order valence-electron chi connectivity index (χ2n) is 3.05. The van der Waals surface area contributed by atoms with Gasteiger partial charge < -0.3 is 5.32 Å². The molecule has 78 valence electrons. The molecule has 0 atom stereocenters. The molecule has 0 aliphatic heterocycles. The molecule has 3 nitrogen and oxygen atoms in total. The summed E-state index contributed by atoms with van der Waals surface area (Å²) >= 11 is 7.30. The SMILES string of the molecule is Clc1ccc(CCNc2nncs2)cc1. The van der Waals surface area contributed by atoms with E-state index in [2.05, 4.69) is 15.5 Å². The van der Waals surface area contributed by atoms with Crippen LogP contribution in [0.5, 0.6) is 0 Å². The van der Waals surface area contributed by atoms with Crippen LogP contribution >= 0.6 is 22.9 Å². The number of hydrogen-bond acceptors (Lipinski definition) is 4. The fraction of sp³-hybridized carbons (Fsp3) is 0.200. The molecule has 0 aliphatic rings. The normalized spacial score (nSPS) is 10.2. The molecule has 1 N–H and O–H groups in total. The molecule has 1 heterocycles. The van der Waals surface area contributed by atoms with Crippen LogP contribution in [0.1, 0.15) is 5.56 Å². The van der Waals surface area contributed by atoms with Gasteiger partial charge in [0, 0.05) is 11.6 Å². The maximum Gasteiger partial charge on any atom is 0.205 e. The van der Waals surface area contributed by atoms with Gasteiger partial charge in [-0.3, -0.25) is 0 Å². The Morgan fingerprint density at radius 3 is 2.73 bits per heavy atom. The zero-order valence-corrected chi connectivity index (χ0v) is 9.55. The molecule has 0 aliphatic carbocycles. The van der Waals surface area contributed by atoms with Crippen molar-refractivity contribution in [2.75, 3.05) is 11.9 Å². The molecule has 2 aromatic rings. The quantitative estimate of drug-likeness (QED) is 0.892. The molecule has 0 unspecified atom stereocenters. The van der Waals surface area contributed by atoms with E-state index in [-0.39, 0.29) is 0 Å². The molecule has 0 radical (unpaired) electrons. The first-order chi connectivity index (χ1) is 7.34. The smallest absolute Gasteiger partial charge is 0.205 e. The summed E-state index contributed by atoms with van der Waals surface area (Å²) < 4.78 is 0. The molecule has 0 spiro atoms. The number of anilines is 1. The molecule has 0 amide bonds. The lowest BCUT2D eigenvalue weighted by molar-refractivity contribution is 0.994. The van der Waals surface area contributed by atoms with E-state index in [1.807, 2.05) is 24.3 Å². The highest BCUT2D eigenvalue weighted by Crippen LogP contribution is 2.11. The molecule has 0 fully saturated rings. The molecule has 0 saturated heterocycles. The van der Waals surface area contributed by atoms with Crippen LogP contribution in [0.25, 0.3) is 0 Å². The van der Waals surface area contributed by atoms with Gasteiger partial charge in [-0.15, -0.1) is 10.2 Å². The van der Waals surface area contributed by atoms with E-state index in [9.17, 15) is 0 Å². The first kappa shape index (κ1) is 10.4. The molecule has 0 bridgehead atoms. The van der Waals surface area contributed by atoms with Crippen LogP contribution in [-0.4, -0.2) is 16.7 Å². The van der Waals surface area contributed by atoms with E-state index in [0.29, 0.717) is 0 Å². The van der Waals surface area contributed by atoms with Gasteiger partial charge in [-0.2, -0.15) is 0 Å². The van der Waals surface area contributed by atoms with Crippen molar-refractivity contribution in [1.29, 1.82) is 0 Å². The van der Waals surface area contributed by atoms with E-state index in [1.54, 1.807) is 5.51 Å². The van der Waals surface area contributed by atoms with Crippen molar-refractivity contribution >= 4 is 28.1 Å². The van der Waals surface area contributed by atoms with Gasteiger partial charge in [-0.1, -0.05) is 35.1 Å². The van der Waals surface area contributed by atoms with Crippen molar-refractivity contribution < 1.29 is 0 Å². The first-order valence-electron chi connectivity index (χ1n) is 4.59. The van der Waals surface area contributed by atoms with Gasteiger partial charge in [-0.25, -0.2) is 0 Å². The summed E-state index contributed by atoms with van der Waals surface area (Å²) in [4.78, 5) is 0. The molecule has 5 heteroatoms. The van der Waals surface area contributed by atoms with Crippen molar-refractivity contribution in [2.24, 2.45) is 0 Å². The Labute approximate surface area is 97.1 Å². The lowest BCUT2D eigenvalue weighted by Crippen LogP contribution is -2.04. The van der Waals surface area contributed by atoms with Gasteiger partial charge >= 0.3 is 0 Å². The standard InChI is InChI=1S/C10H10ClN3S/c11-9-3-1-8(2-4-9)5-6-12-10-14-13-7-15-10/h1-4,7H,5-6H2,(H,12,14). The van der Waals surface area contributed by atoms with E-state index in [0.717, 1.165) is 23.1 Å². The minimum Gasteiger partial charge on any atom is -0.360 e. The predicted octanol–water partition coefficient (Wildman–Crippen LogP) is 2.85. The van der Waals surface area contributed by atoms with E-state index in [4.69, 9.17) is 11.6 Å². The second kappa shape index (κ2) is 5.09. The Hall–Kier alpha value is -1.13. The highest BCUT2D eigenvalue weighted by atomic mass is 35.5. The van der Waals surface area contributed by atoms with Crippen molar-refractivity contribution in [3.8, 4) is 0 Å². The topological polar surface area (TPSA) is 37.8 Å². The number of nitrogens with zero attached hydrogens (tertiary/aromatic N) is 2. The predicted molar refractivity (Wildman–Crippen MR) is 63.6 cm³/mol. The van der Waals surface area contributed by atoms with E-state index in [1.165, 1.54) is 16.9 Å². The van der Waals surface area contributed by atoms with Crippen LogP contribution < -0.4 is 5.32 Å². The highest BCUT2D eigenvalue weighted by molar-refractivity contribution is 7.13. The molecule has 0 saturated carbocycles. The van der Waals surface area contributed by atoms with Crippen LogP contribution in [0.4, 0.5) is 5.13 Å². The van der Waals surface area contributed by atoms with Crippen LogP contribution in [0.2, 0.25) is 5.02 Å². The van der Waals surface area contributed by atoms with Gasteiger partial charge in [0.2, 0.25) is 5.13 Å². The summed E-state index contributed by atoms with van der Waals surface area (Å²) in [6.45, 7) is 0.858. The minimum absolute atomic E-state index is 0.774. The summed E-state index contributed by atoms with van der Waals surface area (Å²) in [5.41, 5.74) is 2.97. The average molecular weight is 240 g/mol. The largest absolute Gasteiger partial charge is 0.360 e. The van der Waals surface area contributed by atoms with Gasteiger partial charge in [0.25, 0.3) is 0 Å². The number of rotatable bonds is 4. The van der Waals surface area contributed by atoms with E-state index >= 15 is 0 Å². The molecular weight excluding hydrogens is 230 g/mol. The zero-order chi connectivity index (χ0) is 10.5. The Morgan fingerprint density at radius 1 is 1.27 bits per heavy atom. The molecule has 1 aromatic heterocycles. The highest BCUT2D eigenvalue weighted by Gasteiger charge is 1.96. The van der Waals surface area contributed by atoms with Crippen molar-refractivity contribution in [3.05, 3.63) is 40.4 Å². The van der Waals surface area contributed by atoms with Crippen molar-refractivity contribution in [3.63, 3.8) is 0 Å². The van der Waals surface area contributed by atoms with Crippen LogP contribution in [-0.2, 0) is 6.42 Å². The third-order valence-corrected chi connectivity index (χ3v) is 2.86. The van der Waals surface area contributed by atoms with Gasteiger partial charge in [0.05, 0.1) is 0 Å². The van der Waals surface area contributed by atoms with Crippen LogP contribution in [0, 0.1) is 0 Å². The monoisotopic (exact) mass is 239 g/mol. The van der Waals surface area contributed by atoms with Crippen molar-refractivity contribution in [2.45, 2.75) is 6.42 Å². The average Bonchev–Trinajstić information content (AvgIpc) is 2.74. The zero-order valence-electron chi connectivity index (χ0n) is 7.98. The summed E-state index contributed by atoms with van der Waals surface area (Å²) in [5, 5.41) is 12.5.